The third kappa shape index (κ3) is 5.62. The van der Waals surface area contributed by atoms with Crippen molar-refractivity contribution in [3.63, 3.8) is 0 Å². The smallest absolute Gasteiger partial charge is 0.338 e. The van der Waals surface area contributed by atoms with Crippen LogP contribution in [0.3, 0.4) is 0 Å². The number of esters is 1. The van der Waals surface area contributed by atoms with Gasteiger partial charge in [0.2, 0.25) is 0 Å². The molecule has 3 aromatic rings. The number of hydrogen-bond acceptors (Lipinski definition) is 7. The number of carbonyl (C=O) groups excluding carboxylic acids is 1. The molecule has 0 fully saturated rings. The monoisotopic (exact) mass is 582 g/mol. The van der Waals surface area contributed by atoms with Crippen LogP contribution in [0.5, 0.6) is 11.5 Å². The zero-order valence-electron chi connectivity index (χ0n) is 20.8. The Balaban J connectivity index is 1.84. The molecule has 1 atom stereocenters. The first kappa shape index (κ1) is 26.6. The van der Waals surface area contributed by atoms with Crippen LogP contribution in [0.15, 0.2) is 80.6 Å². The summed E-state index contributed by atoms with van der Waals surface area (Å²) >= 11 is 4.80. The molecule has 4 rings (SSSR count). The lowest BCUT2D eigenvalue weighted by Gasteiger charge is -2.24. The fraction of sp³-hybridized carbons (Fsp3) is 0.250. The minimum atomic E-state index is -0.672. The van der Waals surface area contributed by atoms with Crippen molar-refractivity contribution in [1.82, 2.24) is 4.57 Å². The van der Waals surface area contributed by atoms with Gasteiger partial charge in [0.15, 0.2) is 4.80 Å². The van der Waals surface area contributed by atoms with E-state index in [0.29, 0.717) is 45.3 Å². The maximum absolute atomic E-state index is 13.7. The van der Waals surface area contributed by atoms with Gasteiger partial charge in [0.1, 0.15) is 18.1 Å². The van der Waals surface area contributed by atoms with Crippen LogP contribution in [0.1, 0.15) is 37.9 Å². The quantitative estimate of drug-likeness (QED) is 0.274. The molecule has 0 unspecified atom stereocenters. The summed E-state index contributed by atoms with van der Waals surface area (Å²) in [6, 6.07) is 12.3. The van der Waals surface area contributed by atoms with Crippen molar-refractivity contribution in [2.24, 2.45) is 4.99 Å². The number of allylic oxidation sites excluding steroid dienone is 1. The lowest BCUT2D eigenvalue weighted by atomic mass is 9.96. The lowest BCUT2D eigenvalue weighted by molar-refractivity contribution is -0.139. The normalized spacial score (nSPS) is 15.1. The Morgan fingerprint density at radius 1 is 1.16 bits per heavy atom. The maximum Gasteiger partial charge on any atom is 0.338 e. The third-order valence-corrected chi connectivity index (χ3v) is 7.24. The van der Waals surface area contributed by atoms with Crippen LogP contribution in [-0.2, 0) is 9.53 Å². The fourth-order valence-corrected chi connectivity index (χ4v) is 5.60. The summed E-state index contributed by atoms with van der Waals surface area (Å²) in [4.78, 5) is 31.9. The molecule has 1 aliphatic heterocycles. The predicted molar refractivity (Wildman–Crippen MR) is 148 cm³/mol. The second-order valence-corrected chi connectivity index (χ2v) is 9.96. The summed E-state index contributed by atoms with van der Waals surface area (Å²) < 4.78 is 19.4. The molecule has 192 valence electrons. The molecule has 0 amide bonds. The Bertz CT molecular complexity index is 1540. The van der Waals surface area contributed by atoms with Crippen molar-refractivity contribution in [1.29, 1.82) is 0 Å². The number of halogens is 1. The van der Waals surface area contributed by atoms with E-state index in [-0.39, 0.29) is 12.2 Å². The molecule has 2 aromatic carbocycles. The van der Waals surface area contributed by atoms with Gasteiger partial charge in [-0.3, -0.25) is 9.36 Å². The molecule has 2 heterocycles. The van der Waals surface area contributed by atoms with Gasteiger partial charge in [-0.2, -0.15) is 0 Å². The number of nitrogens with zero attached hydrogens (tertiary/aromatic N) is 2. The van der Waals surface area contributed by atoms with E-state index in [1.165, 1.54) is 11.3 Å². The Morgan fingerprint density at radius 3 is 2.57 bits per heavy atom. The van der Waals surface area contributed by atoms with Gasteiger partial charge in [-0.25, -0.2) is 9.79 Å². The zero-order chi connectivity index (χ0) is 26.5. The summed E-state index contributed by atoms with van der Waals surface area (Å²) in [6.45, 7) is 10.2. The second-order valence-electron chi connectivity index (χ2n) is 8.09. The number of ether oxygens (including phenoxy) is 3. The summed E-state index contributed by atoms with van der Waals surface area (Å²) in [5, 5.41) is 0. The van der Waals surface area contributed by atoms with Gasteiger partial charge in [0, 0.05) is 0 Å². The van der Waals surface area contributed by atoms with E-state index in [9.17, 15) is 9.59 Å². The number of aromatic nitrogens is 1. The van der Waals surface area contributed by atoms with Crippen molar-refractivity contribution in [2.45, 2.75) is 26.8 Å². The summed E-state index contributed by atoms with van der Waals surface area (Å²) in [5.74, 6) is 0.905. The summed E-state index contributed by atoms with van der Waals surface area (Å²) in [7, 11) is 0. The van der Waals surface area contributed by atoms with Crippen molar-refractivity contribution < 1.29 is 19.0 Å². The number of benzene rings is 2. The highest BCUT2D eigenvalue weighted by Gasteiger charge is 2.33. The van der Waals surface area contributed by atoms with Crippen LogP contribution in [0, 0.1) is 0 Å². The van der Waals surface area contributed by atoms with Gasteiger partial charge in [-0.05, 0) is 78.2 Å². The van der Waals surface area contributed by atoms with Crippen molar-refractivity contribution in [3.8, 4) is 11.5 Å². The lowest BCUT2D eigenvalue weighted by Crippen LogP contribution is -2.39. The van der Waals surface area contributed by atoms with E-state index in [2.05, 4.69) is 27.5 Å². The number of hydrogen-bond donors (Lipinski definition) is 0. The second kappa shape index (κ2) is 11.7. The molecule has 9 heteroatoms. The van der Waals surface area contributed by atoms with Crippen molar-refractivity contribution in [3.05, 3.63) is 102 Å². The minimum Gasteiger partial charge on any atom is -0.494 e. The average molecular weight is 584 g/mol. The van der Waals surface area contributed by atoms with Crippen LogP contribution in [-0.4, -0.2) is 30.4 Å². The number of carbonyl (C=O) groups is 1. The highest BCUT2D eigenvalue weighted by Crippen LogP contribution is 2.32. The Kier molecular flexibility index (Phi) is 8.45. The first-order valence-electron chi connectivity index (χ1n) is 11.8. The van der Waals surface area contributed by atoms with Crippen molar-refractivity contribution in [2.75, 3.05) is 19.8 Å². The topological polar surface area (TPSA) is 79.1 Å². The standard InChI is InChI=1S/C28H27BrN2O5S/c1-5-14-36-22-13-8-18(15-21(22)29)16-23-26(32)31-25(19-9-11-20(12-10-19)34-6-2)24(27(33)35-7-3)17(4)30-28(31)37-23/h5,8-13,15-16,25H,1,6-7,14H2,2-4H3/b23-16-/t25-/m0/s1. The zero-order valence-corrected chi connectivity index (χ0v) is 23.2. The molecule has 0 bridgehead atoms. The average Bonchev–Trinajstić information content (AvgIpc) is 3.17. The number of thiazole rings is 1. The first-order chi connectivity index (χ1) is 17.9. The van der Waals surface area contributed by atoms with E-state index in [0.717, 1.165) is 15.6 Å². The van der Waals surface area contributed by atoms with E-state index < -0.39 is 12.0 Å². The Morgan fingerprint density at radius 2 is 1.92 bits per heavy atom. The molecule has 0 aliphatic carbocycles. The molecule has 0 saturated carbocycles. The van der Waals surface area contributed by atoms with Crippen LogP contribution in [0.25, 0.3) is 6.08 Å². The molecule has 37 heavy (non-hydrogen) atoms. The highest BCUT2D eigenvalue weighted by molar-refractivity contribution is 9.10. The van der Waals surface area contributed by atoms with Crippen LogP contribution >= 0.6 is 27.3 Å². The molecule has 7 nitrogen and oxygen atoms in total. The number of rotatable bonds is 9. The van der Waals surface area contributed by atoms with Crippen LogP contribution < -0.4 is 24.4 Å². The minimum absolute atomic E-state index is 0.220. The molecule has 0 radical (unpaired) electrons. The molecular weight excluding hydrogens is 556 g/mol. The largest absolute Gasteiger partial charge is 0.494 e. The van der Waals surface area contributed by atoms with Crippen molar-refractivity contribution >= 4 is 39.3 Å². The summed E-state index contributed by atoms with van der Waals surface area (Å²) in [5.41, 5.74) is 2.22. The summed E-state index contributed by atoms with van der Waals surface area (Å²) in [6.07, 6.45) is 3.49. The first-order valence-corrected chi connectivity index (χ1v) is 13.4. The molecule has 0 saturated heterocycles. The van der Waals surface area contributed by atoms with E-state index >= 15 is 0 Å². The Labute approximate surface area is 227 Å². The fourth-order valence-electron chi connectivity index (χ4n) is 4.04. The highest BCUT2D eigenvalue weighted by atomic mass is 79.9. The SMILES string of the molecule is C=CCOc1ccc(/C=c2\sc3n(c2=O)[C@@H](c2ccc(OCC)cc2)C(C(=O)OCC)=C(C)N=3)cc1Br. The van der Waals surface area contributed by atoms with Gasteiger partial charge in [0.05, 0.1) is 39.5 Å². The molecule has 0 spiro atoms. The van der Waals surface area contributed by atoms with Crippen LogP contribution in [0.4, 0.5) is 0 Å². The Hall–Kier alpha value is -3.43. The van der Waals surface area contributed by atoms with Gasteiger partial charge < -0.3 is 14.2 Å². The van der Waals surface area contributed by atoms with Gasteiger partial charge in [-0.1, -0.05) is 42.2 Å². The predicted octanol–water partition coefficient (Wildman–Crippen LogP) is 4.52. The van der Waals surface area contributed by atoms with Gasteiger partial charge in [-0.15, -0.1) is 0 Å². The third-order valence-electron chi connectivity index (χ3n) is 5.63. The van der Waals surface area contributed by atoms with E-state index in [4.69, 9.17) is 14.2 Å². The molecule has 1 aromatic heterocycles. The van der Waals surface area contributed by atoms with Crippen LogP contribution in [0.2, 0.25) is 0 Å². The number of fused-ring (bicyclic) bond motifs is 1. The van der Waals surface area contributed by atoms with E-state index in [1.807, 2.05) is 55.5 Å². The maximum atomic E-state index is 13.7. The molecule has 1 aliphatic rings. The van der Waals surface area contributed by atoms with Gasteiger partial charge >= 0.3 is 5.97 Å². The van der Waals surface area contributed by atoms with E-state index in [1.54, 1.807) is 24.5 Å². The molecule has 0 N–H and O–H groups in total. The molecular formula is C28H27BrN2O5S. The van der Waals surface area contributed by atoms with Gasteiger partial charge in [0.25, 0.3) is 5.56 Å².